The summed E-state index contributed by atoms with van der Waals surface area (Å²) in [5.41, 5.74) is 10.6. The Kier molecular flexibility index (Phi) is 1.39. The molecule has 0 atom stereocenters. The van der Waals surface area contributed by atoms with Gasteiger partial charge in [-0.25, -0.2) is 4.73 Å². The molecule has 1 aromatic heterocycles. The highest BCUT2D eigenvalue weighted by Crippen LogP contribution is 2.29. The fourth-order valence-electron chi connectivity index (χ4n) is 1.28. The molecule has 74 valence electrons. The predicted octanol–water partition coefficient (Wildman–Crippen LogP) is -0.618. The standard InChI is InChI=1S/C7H8N4O3/c8-3-1-2-4-5(6(3)12)11(14)7(9)10(4)13/h1-2,12-13H,8-9H2. The van der Waals surface area contributed by atoms with Gasteiger partial charge in [-0.3, -0.25) is 5.73 Å². The predicted molar refractivity (Wildman–Crippen MR) is 48.6 cm³/mol. The van der Waals surface area contributed by atoms with Gasteiger partial charge >= 0.3 is 5.95 Å². The SMILES string of the molecule is Nc1ccc2c(c1O)[n+]([O-])c(N)n2O. The zero-order chi connectivity index (χ0) is 10.5. The first kappa shape index (κ1) is 8.30. The van der Waals surface area contributed by atoms with Crippen molar-refractivity contribution in [3.63, 3.8) is 0 Å². The van der Waals surface area contributed by atoms with E-state index in [2.05, 4.69) is 0 Å². The average Bonchev–Trinajstić information content (AvgIpc) is 2.38. The molecule has 1 aromatic carbocycles. The Hall–Kier alpha value is -2.31. The smallest absolute Gasteiger partial charge is 0.393 e. The third-order valence-corrected chi connectivity index (χ3v) is 2.02. The Labute approximate surface area is 77.9 Å². The van der Waals surface area contributed by atoms with Gasteiger partial charge in [-0.1, -0.05) is 4.73 Å². The second kappa shape index (κ2) is 2.34. The maximum absolute atomic E-state index is 11.3. The van der Waals surface area contributed by atoms with Crippen LogP contribution >= 0.6 is 0 Å². The monoisotopic (exact) mass is 196 g/mol. The highest BCUT2D eigenvalue weighted by molar-refractivity contribution is 5.85. The fraction of sp³-hybridized carbons (Fsp3) is 0. The van der Waals surface area contributed by atoms with Crippen molar-refractivity contribution < 1.29 is 15.0 Å². The number of phenols is 1. The van der Waals surface area contributed by atoms with Crippen molar-refractivity contribution in [1.29, 1.82) is 0 Å². The van der Waals surface area contributed by atoms with Gasteiger partial charge in [0.05, 0.1) is 5.69 Å². The van der Waals surface area contributed by atoms with E-state index in [0.29, 0.717) is 4.73 Å². The third kappa shape index (κ3) is 0.777. The van der Waals surface area contributed by atoms with Gasteiger partial charge in [0.1, 0.15) is 0 Å². The number of aromatic hydroxyl groups is 1. The van der Waals surface area contributed by atoms with E-state index in [1.54, 1.807) is 0 Å². The van der Waals surface area contributed by atoms with Crippen LogP contribution in [0.15, 0.2) is 12.1 Å². The van der Waals surface area contributed by atoms with E-state index in [0.717, 1.165) is 0 Å². The van der Waals surface area contributed by atoms with Gasteiger partial charge in [-0.15, -0.1) is 0 Å². The third-order valence-electron chi connectivity index (χ3n) is 2.02. The Bertz CT molecular complexity index is 519. The number of aromatic nitrogens is 2. The summed E-state index contributed by atoms with van der Waals surface area (Å²) in [6.45, 7) is 0. The molecule has 0 unspecified atom stereocenters. The minimum atomic E-state index is -0.430. The molecule has 0 aliphatic carbocycles. The highest BCUT2D eigenvalue weighted by Gasteiger charge is 2.20. The van der Waals surface area contributed by atoms with Gasteiger partial charge in [0.15, 0.2) is 16.8 Å². The van der Waals surface area contributed by atoms with Gasteiger partial charge in [0, 0.05) is 0 Å². The second-order valence-electron chi connectivity index (χ2n) is 2.84. The van der Waals surface area contributed by atoms with Crippen LogP contribution in [0.1, 0.15) is 0 Å². The van der Waals surface area contributed by atoms with Crippen LogP contribution in [-0.4, -0.2) is 15.0 Å². The number of rotatable bonds is 0. The lowest BCUT2D eigenvalue weighted by Gasteiger charge is -2.02. The number of nitrogens with two attached hydrogens (primary N) is 2. The maximum atomic E-state index is 11.3. The van der Waals surface area contributed by atoms with Crippen LogP contribution in [0, 0.1) is 5.21 Å². The van der Waals surface area contributed by atoms with E-state index in [4.69, 9.17) is 11.5 Å². The Morgan fingerprint density at radius 2 is 2.00 bits per heavy atom. The van der Waals surface area contributed by atoms with Crippen LogP contribution in [0.4, 0.5) is 11.6 Å². The molecule has 0 bridgehead atoms. The molecule has 0 amide bonds. The number of nitrogens with zero attached hydrogens (tertiary/aromatic N) is 2. The lowest BCUT2D eigenvalue weighted by atomic mass is 10.2. The van der Waals surface area contributed by atoms with E-state index in [-0.39, 0.29) is 21.5 Å². The highest BCUT2D eigenvalue weighted by atomic mass is 16.5. The Morgan fingerprint density at radius 1 is 1.36 bits per heavy atom. The number of hydrogen-bond acceptors (Lipinski definition) is 5. The summed E-state index contributed by atoms with van der Waals surface area (Å²) in [7, 11) is 0. The molecular formula is C7H8N4O3. The van der Waals surface area contributed by atoms with Crippen molar-refractivity contribution in [2.45, 2.75) is 0 Å². The maximum Gasteiger partial charge on any atom is 0.393 e. The van der Waals surface area contributed by atoms with Crippen LogP contribution in [0.25, 0.3) is 11.0 Å². The van der Waals surface area contributed by atoms with Crippen molar-refractivity contribution in [1.82, 2.24) is 4.73 Å². The van der Waals surface area contributed by atoms with Gasteiger partial charge in [0.2, 0.25) is 0 Å². The minimum Gasteiger partial charge on any atom is -0.739 e. The molecule has 0 saturated heterocycles. The molecule has 0 radical (unpaired) electrons. The van der Waals surface area contributed by atoms with E-state index >= 15 is 0 Å². The number of hydrogen-bond donors (Lipinski definition) is 4. The van der Waals surface area contributed by atoms with E-state index in [9.17, 15) is 15.5 Å². The minimum absolute atomic E-state index is 0.0488. The van der Waals surface area contributed by atoms with Gasteiger partial charge in [-0.05, 0) is 12.1 Å². The molecular weight excluding hydrogens is 188 g/mol. The van der Waals surface area contributed by atoms with Crippen molar-refractivity contribution in [3.8, 4) is 5.75 Å². The zero-order valence-corrected chi connectivity index (χ0v) is 7.01. The molecule has 7 nitrogen and oxygen atoms in total. The molecule has 2 rings (SSSR count). The molecule has 0 aliphatic heterocycles. The number of fused-ring (bicyclic) bond motifs is 1. The van der Waals surface area contributed by atoms with Gasteiger partial charge in [-0.2, -0.15) is 0 Å². The summed E-state index contributed by atoms with van der Waals surface area (Å²) < 4.78 is 0.697. The van der Waals surface area contributed by atoms with Crippen LogP contribution in [0.5, 0.6) is 5.75 Å². The number of imidazole rings is 1. The first-order valence-electron chi connectivity index (χ1n) is 3.74. The lowest BCUT2D eigenvalue weighted by molar-refractivity contribution is -0.563. The second-order valence-corrected chi connectivity index (χ2v) is 2.84. The van der Waals surface area contributed by atoms with Crippen molar-refractivity contribution in [2.24, 2.45) is 0 Å². The van der Waals surface area contributed by atoms with E-state index in [1.165, 1.54) is 12.1 Å². The first-order chi connectivity index (χ1) is 6.54. The molecule has 6 N–H and O–H groups in total. The Morgan fingerprint density at radius 3 is 2.64 bits per heavy atom. The van der Waals surface area contributed by atoms with E-state index < -0.39 is 11.7 Å². The summed E-state index contributed by atoms with van der Waals surface area (Å²) in [6, 6.07) is 2.75. The molecule has 14 heavy (non-hydrogen) atoms. The van der Waals surface area contributed by atoms with Crippen molar-refractivity contribution in [3.05, 3.63) is 17.3 Å². The topological polar surface area (TPSA) is 124 Å². The van der Waals surface area contributed by atoms with Crippen LogP contribution in [-0.2, 0) is 0 Å². The molecule has 1 heterocycles. The summed E-state index contributed by atoms with van der Waals surface area (Å²) in [4.78, 5) is 0. The molecule has 7 heteroatoms. The number of phenolic OH excluding ortho intramolecular Hbond substituents is 1. The zero-order valence-electron chi connectivity index (χ0n) is 7.01. The first-order valence-corrected chi connectivity index (χ1v) is 3.74. The number of benzene rings is 1. The summed E-state index contributed by atoms with van der Waals surface area (Å²) >= 11 is 0. The largest absolute Gasteiger partial charge is 0.739 e. The van der Waals surface area contributed by atoms with Crippen LogP contribution in [0.2, 0.25) is 0 Å². The average molecular weight is 196 g/mol. The summed E-state index contributed by atoms with van der Waals surface area (Å²) in [5, 5.41) is 30.1. The summed E-state index contributed by atoms with van der Waals surface area (Å²) in [5.74, 6) is -0.821. The Balaban J connectivity index is 3.03. The lowest BCUT2D eigenvalue weighted by Crippen LogP contribution is -2.29. The van der Waals surface area contributed by atoms with Gasteiger partial charge < -0.3 is 21.3 Å². The number of anilines is 2. The van der Waals surface area contributed by atoms with Crippen molar-refractivity contribution in [2.75, 3.05) is 11.5 Å². The quantitative estimate of drug-likeness (QED) is 0.147. The molecule has 0 aliphatic rings. The molecule has 0 fully saturated rings. The normalized spacial score (nSPS) is 10.9. The van der Waals surface area contributed by atoms with E-state index in [1.807, 2.05) is 0 Å². The fourth-order valence-corrected chi connectivity index (χ4v) is 1.28. The van der Waals surface area contributed by atoms with Gasteiger partial charge in [0.25, 0.3) is 0 Å². The number of nitrogen functional groups attached to an aromatic ring is 2. The summed E-state index contributed by atoms with van der Waals surface area (Å²) in [6.07, 6.45) is 0. The van der Waals surface area contributed by atoms with Crippen LogP contribution < -0.4 is 16.2 Å². The molecule has 2 aromatic rings. The van der Waals surface area contributed by atoms with Crippen molar-refractivity contribution >= 4 is 22.7 Å². The molecule has 0 spiro atoms. The molecule has 0 saturated carbocycles. The van der Waals surface area contributed by atoms with Crippen LogP contribution in [0.3, 0.4) is 0 Å².